The van der Waals surface area contributed by atoms with Crippen LogP contribution in [0.5, 0.6) is 0 Å². The number of anilines is 1. The molecule has 2 fully saturated rings. The normalized spacial score (nSPS) is 21.0. The fourth-order valence-electron chi connectivity index (χ4n) is 3.74. The highest BCUT2D eigenvalue weighted by Crippen LogP contribution is 2.25. The van der Waals surface area contributed by atoms with Gasteiger partial charge < -0.3 is 24.8 Å². The van der Waals surface area contributed by atoms with Crippen molar-refractivity contribution in [1.82, 2.24) is 24.5 Å². The zero-order valence-corrected chi connectivity index (χ0v) is 17.9. The minimum absolute atomic E-state index is 0.138. The van der Waals surface area contributed by atoms with Gasteiger partial charge in [-0.15, -0.1) is 0 Å². The third-order valence-corrected chi connectivity index (χ3v) is 6.60. The molecule has 0 spiro atoms. The maximum atomic E-state index is 5.58. The molecule has 2 aliphatic heterocycles. The van der Waals surface area contributed by atoms with Crippen LogP contribution in [0.15, 0.2) is 4.99 Å². The van der Waals surface area contributed by atoms with Crippen molar-refractivity contribution in [2.24, 2.45) is 4.99 Å². The van der Waals surface area contributed by atoms with E-state index in [1.807, 2.05) is 7.05 Å². The minimum Gasteiger partial charge on any atom is -0.381 e. The van der Waals surface area contributed by atoms with Crippen LogP contribution in [0.2, 0.25) is 0 Å². The van der Waals surface area contributed by atoms with E-state index in [4.69, 9.17) is 4.74 Å². The van der Waals surface area contributed by atoms with E-state index in [1.54, 1.807) is 0 Å². The second kappa shape index (κ2) is 9.16. The number of hydrogen-bond acceptors (Lipinski definition) is 7. The summed E-state index contributed by atoms with van der Waals surface area (Å²) in [5.74, 6) is 1.94. The Morgan fingerprint density at radius 1 is 1.26 bits per heavy atom. The third kappa shape index (κ3) is 4.70. The van der Waals surface area contributed by atoms with E-state index in [1.165, 1.54) is 11.5 Å². The highest BCUT2D eigenvalue weighted by molar-refractivity contribution is 7.09. The first-order valence-electron chi connectivity index (χ1n) is 9.86. The van der Waals surface area contributed by atoms with Crippen LogP contribution in [0, 0.1) is 0 Å². The molecule has 3 heterocycles. The average molecular weight is 396 g/mol. The monoisotopic (exact) mass is 395 g/mol. The summed E-state index contributed by atoms with van der Waals surface area (Å²) in [7, 11) is 6.21. The molecule has 3 rings (SSSR count). The van der Waals surface area contributed by atoms with Gasteiger partial charge >= 0.3 is 0 Å². The molecule has 1 N–H and O–H groups in total. The molecule has 0 radical (unpaired) electrons. The molecule has 0 aromatic carbocycles. The van der Waals surface area contributed by atoms with Gasteiger partial charge in [0.15, 0.2) is 5.96 Å². The molecule has 0 bridgehead atoms. The number of nitrogens with zero attached hydrogens (tertiary/aromatic N) is 6. The van der Waals surface area contributed by atoms with E-state index in [-0.39, 0.29) is 5.54 Å². The second-order valence-electron chi connectivity index (χ2n) is 7.45. The lowest BCUT2D eigenvalue weighted by Crippen LogP contribution is -2.59. The molecule has 1 aromatic heterocycles. The van der Waals surface area contributed by atoms with Crippen LogP contribution >= 0.6 is 11.5 Å². The van der Waals surface area contributed by atoms with Crippen molar-refractivity contribution in [2.75, 3.05) is 72.0 Å². The Kier molecular flexibility index (Phi) is 6.88. The summed E-state index contributed by atoms with van der Waals surface area (Å²) in [4.78, 5) is 16.2. The Hall–Kier alpha value is -1.45. The molecule has 0 atom stereocenters. The number of hydrogen-bond donors (Lipinski definition) is 1. The lowest BCUT2D eigenvalue weighted by molar-refractivity contribution is -0.00526. The quantitative estimate of drug-likeness (QED) is 0.587. The van der Waals surface area contributed by atoms with Gasteiger partial charge in [0.1, 0.15) is 5.82 Å². The number of aryl methyl sites for hydroxylation is 1. The molecular formula is C18H33N7OS. The fourth-order valence-corrected chi connectivity index (χ4v) is 4.54. The van der Waals surface area contributed by atoms with Crippen LogP contribution in [0.25, 0.3) is 0 Å². The Labute approximate surface area is 166 Å². The van der Waals surface area contributed by atoms with Gasteiger partial charge in [-0.3, -0.25) is 4.99 Å². The van der Waals surface area contributed by atoms with Gasteiger partial charge in [-0.25, -0.2) is 4.98 Å². The summed E-state index contributed by atoms with van der Waals surface area (Å²) >= 11 is 1.51. The zero-order chi connectivity index (χ0) is 19.3. The maximum Gasteiger partial charge on any atom is 0.205 e. The molecule has 2 aliphatic rings. The van der Waals surface area contributed by atoms with Gasteiger partial charge in [0, 0.05) is 76.5 Å². The summed E-state index contributed by atoms with van der Waals surface area (Å²) in [6.45, 7) is 8.44. The minimum atomic E-state index is 0.138. The molecule has 152 valence electrons. The van der Waals surface area contributed by atoms with Gasteiger partial charge in [-0.05, 0) is 26.9 Å². The first-order valence-corrected chi connectivity index (χ1v) is 10.6. The molecule has 0 unspecified atom stereocenters. The van der Waals surface area contributed by atoms with E-state index in [2.05, 4.69) is 55.4 Å². The van der Waals surface area contributed by atoms with Crippen molar-refractivity contribution in [3.8, 4) is 0 Å². The Balaban J connectivity index is 1.54. The third-order valence-electron chi connectivity index (χ3n) is 5.78. The summed E-state index contributed by atoms with van der Waals surface area (Å²) in [6, 6.07) is 0. The summed E-state index contributed by atoms with van der Waals surface area (Å²) < 4.78 is 9.99. The van der Waals surface area contributed by atoms with E-state index in [0.29, 0.717) is 0 Å². The molecular weight excluding hydrogens is 362 g/mol. The van der Waals surface area contributed by atoms with Crippen molar-refractivity contribution in [3.05, 3.63) is 5.82 Å². The van der Waals surface area contributed by atoms with E-state index in [0.717, 1.165) is 82.1 Å². The summed E-state index contributed by atoms with van der Waals surface area (Å²) in [5.41, 5.74) is 0.138. The fraction of sp³-hybridized carbons (Fsp3) is 0.833. The number of nitrogens with one attached hydrogen (secondary N) is 1. The molecule has 1 aromatic rings. The van der Waals surface area contributed by atoms with E-state index in [9.17, 15) is 0 Å². The standard InChI is InChI=1S/C18H33N7OS/c1-5-15-21-17(27-22-15)25-10-8-24(9-11-25)16(19-2)20-14-18(23(3)4)6-12-26-13-7-18/h5-14H2,1-4H3,(H,19,20). The first-order chi connectivity index (χ1) is 13.1. The number of aliphatic imine (C=N–C) groups is 1. The van der Waals surface area contributed by atoms with Gasteiger partial charge in [0.2, 0.25) is 5.13 Å². The smallest absolute Gasteiger partial charge is 0.205 e. The molecule has 27 heavy (non-hydrogen) atoms. The van der Waals surface area contributed by atoms with E-state index < -0.39 is 0 Å². The molecule has 0 amide bonds. The first kappa shape index (κ1) is 20.3. The number of ether oxygens (including phenoxy) is 1. The maximum absolute atomic E-state index is 5.58. The molecule has 0 saturated carbocycles. The second-order valence-corrected chi connectivity index (χ2v) is 8.18. The lowest BCUT2D eigenvalue weighted by atomic mass is 9.88. The van der Waals surface area contributed by atoms with Crippen LogP contribution in [-0.2, 0) is 11.2 Å². The Morgan fingerprint density at radius 3 is 2.52 bits per heavy atom. The predicted molar refractivity (Wildman–Crippen MR) is 111 cm³/mol. The number of aromatic nitrogens is 2. The lowest BCUT2D eigenvalue weighted by Gasteiger charge is -2.44. The van der Waals surface area contributed by atoms with Gasteiger partial charge in [0.25, 0.3) is 0 Å². The van der Waals surface area contributed by atoms with Crippen molar-refractivity contribution < 1.29 is 4.74 Å². The van der Waals surface area contributed by atoms with Crippen molar-refractivity contribution in [2.45, 2.75) is 31.7 Å². The van der Waals surface area contributed by atoms with Crippen molar-refractivity contribution >= 4 is 22.6 Å². The van der Waals surface area contributed by atoms with Crippen LogP contribution in [0.3, 0.4) is 0 Å². The number of piperazine rings is 1. The SMILES string of the molecule is CCc1nsc(N2CCN(C(=NC)NCC3(N(C)C)CCOCC3)CC2)n1. The van der Waals surface area contributed by atoms with Crippen molar-refractivity contribution in [1.29, 1.82) is 0 Å². The number of guanidine groups is 1. The average Bonchev–Trinajstić information content (AvgIpc) is 3.19. The highest BCUT2D eigenvalue weighted by atomic mass is 32.1. The largest absolute Gasteiger partial charge is 0.381 e. The highest BCUT2D eigenvalue weighted by Gasteiger charge is 2.35. The molecule has 0 aliphatic carbocycles. The summed E-state index contributed by atoms with van der Waals surface area (Å²) in [6.07, 6.45) is 2.99. The molecule has 9 heteroatoms. The number of rotatable bonds is 5. The van der Waals surface area contributed by atoms with Gasteiger partial charge in [0.05, 0.1) is 0 Å². The van der Waals surface area contributed by atoms with Crippen LogP contribution in [0.1, 0.15) is 25.6 Å². The van der Waals surface area contributed by atoms with Crippen LogP contribution in [-0.4, -0.2) is 97.7 Å². The van der Waals surface area contributed by atoms with E-state index >= 15 is 0 Å². The van der Waals surface area contributed by atoms with Crippen molar-refractivity contribution in [3.63, 3.8) is 0 Å². The Bertz CT molecular complexity index is 619. The number of likely N-dealkylation sites (N-methyl/N-ethyl adjacent to an activating group) is 1. The Morgan fingerprint density at radius 2 is 1.96 bits per heavy atom. The molecule has 8 nitrogen and oxygen atoms in total. The zero-order valence-electron chi connectivity index (χ0n) is 17.1. The van der Waals surface area contributed by atoms with Gasteiger partial charge in [-0.1, -0.05) is 6.92 Å². The van der Waals surface area contributed by atoms with Gasteiger partial charge in [-0.2, -0.15) is 4.37 Å². The molecule has 2 saturated heterocycles. The topological polar surface area (TPSA) is 69.1 Å². The van der Waals surface area contributed by atoms with Crippen LogP contribution in [0.4, 0.5) is 5.13 Å². The predicted octanol–water partition coefficient (Wildman–Crippen LogP) is 0.909. The van der Waals surface area contributed by atoms with Crippen LogP contribution < -0.4 is 10.2 Å². The summed E-state index contributed by atoms with van der Waals surface area (Å²) in [5, 5.41) is 4.68.